The summed E-state index contributed by atoms with van der Waals surface area (Å²) in [7, 11) is 0. The summed E-state index contributed by atoms with van der Waals surface area (Å²) in [5.74, 6) is -1.16. The Kier molecular flexibility index (Phi) is 10.3. The molecule has 3 amide bonds. The first-order chi connectivity index (χ1) is 22.1. The maximum Gasteiger partial charge on any atom is 0.251 e. The average molecular weight is 666 g/mol. The number of carbonyl (C=O) groups excluding carboxylic acids is 3. The number of hydrogen-bond donors (Lipinski definition) is 1. The molecule has 246 valence electrons. The lowest BCUT2D eigenvalue weighted by Gasteiger charge is -2.38. The third-order valence-corrected chi connectivity index (χ3v) is 11.9. The van der Waals surface area contributed by atoms with E-state index in [1.807, 2.05) is 50.2 Å². The SMILES string of the molecule is C=CCN(C(=O)[C@H]1[C@H]2C(=O)N(CCCCO)C(C(=O)N(CC=C)c3c(C)cccc3Cl)C23CC[C@]1(C)S3)c1ccc(OCC)cc1. The molecule has 1 spiro atoms. The number of carbonyl (C=O) groups is 3. The van der Waals surface area contributed by atoms with Gasteiger partial charge in [-0.3, -0.25) is 14.4 Å². The number of unbranched alkanes of at least 4 members (excludes halogenated alkanes) is 1. The van der Waals surface area contributed by atoms with E-state index in [0.717, 1.165) is 5.56 Å². The van der Waals surface area contributed by atoms with Crippen LogP contribution >= 0.6 is 23.4 Å². The van der Waals surface area contributed by atoms with Crippen LogP contribution in [0.25, 0.3) is 0 Å². The first kappa shape index (κ1) is 34.1. The Labute approximate surface area is 281 Å². The van der Waals surface area contributed by atoms with Gasteiger partial charge >= 0.3 is 0 Å². The Morgan fingerprint density at radius 3 is 2.41 bits per heavy atom. The van der Waals surface area contributed by atoms with Crippen LogP contribution in [0.5, 0.6) is 5.75 Å². The molecule has 3 fully saturated rings. The molecule has 0 aliphatic carbocycles. The quantitative estimate of drug-likeness (QED) is 0.196. The maximum absolute atomic E-state index is 14.9. The lowest BCUT2D eigenvalue weighted by molar-refractivity contribution is -0.139. The topological polar surface area (TPSA) is 90.4 Å². The van der Waals surface area contributed by atoms with Crippen LogP contribution in [0.1, 0.15) is 45.1 Å². The van der Waals surface area contributed by atoms with E-state index in [1.54, 1.807) is 44.7 Å². The molecule has 3 aliphatic heterocycles. The fourth-order valence-electron chi connectivity index (χ4n) is 7.76. The van der Waals surface area contributed by atoms with Crippen LogP contribution in [0, 0.1) is 18.8 Å². The van der Waals surface area contributed by atoms with Crippen molar-refractivity contribution in [3.8, 4) is 5.75 Å². The number of fused-ring (bicyclic) bond motifs is 1. The number of halogens is 1. The van der Waals surface area contributed by atoms with Gasteiger partial charge in [0.05, 0.1) is 33.9 Å². The molecule has 0 radical (unpaired) electrons. The van der Waals surface area contributed by atoms with Gasteiger partial charge < -0.3 is 24.5 Å². The van der Waals surface area contributed by atoms with Crippen molar-refractivity contribution in [3.63, 3.8) is 0 Å². The van der Waals surface area contributed by atoms with E-state index < -0.39 is 27.4 Å². The van der Waals surface area contributed by atoms with Crippen LogP contribution < -0.4 is 14.5 Å². The zero-order valence-corrected chi connectivity index (χ0v) is 28.5. The zero-order chi connectivity index (χ0) is 33.2. The van der Waals surface area contributed by atoms with Gasteiger partial charge in [0.25, 0.3) is 5.91 Å². The highest BCUT2D eigenvalue weighted by molar-refractivity contribution is 8.02. The van der Waals surface area contributed by atoms with Crippen LogP contribution in [0.4, 0.5) is 11.4 Å². The largest absolute Gasteiger partial charge is 0.494 e. The predicted molar refractivity (Wildman–Crippen MR) is 186 cm³/mol. The number of anilines is 2. The minimum atomic E-state index is -0.803. The Morgan fingerprint density at radius 2 is 1.78 bits per heavy atom. The molecule has 0 aromatic heterocycles. The van der Waals surface area contributed by atoms with Crippen LogP contribution in [0.2, 0.25) is 5.02 Å². The summed E-state index contributed by atoms with van der Waals surface area (Å²) in [6, 6.07) is 12.1. The summed E-state index contributed by atoms with van der Waals surface area (Å²) >= 11 is 8.33. The highest BCUT2D eigenvalue weighted by atomic mass is 35.5. The molecule has 8 nitrogen and oxygen atoms in total. The van der Waals surface area contributed by atoms with Crippen molar-refractivity contribution in [2.75, 3.05) is 42.6 Å². The molecule has 2 aromatic carbocycles. The maximum atomic E-state index is 14.9. The van der Waals surface area contributed by atoms with Gasteiger partial charge in [0, 0.05) is 36.7 Å². The molecule has 3 heterocycles. The number of thioether (sulfide) groups is 1. The third-order valence-electron chi connectivity index (χ3n) is 9.66. The molecule has 3 aliphatic rings. The Morgan fingerprint density at radius 1 is 1.09 bits per heavy atom. The fourth-order valence-corrected chi connectivity index (χ4v) is 10.4. The minimum Gasteiger partial charge on any atom is -0.494 e. The molecule has 46 heavy (non-hydrogen) atoms. The van der Waals surface area contributed by atoms with Gasteiger partial charge in [0.15, 0.2) is 0 Å². The number of ether oxygens (including phenoxy) is 1. The molecule has 5 rings (SSSR count). The number of aliphatic hydroxyl groups excluding tert-OH is 1. The molecule has 2 aromatic rings. The first-order valence-corrected chi connectivity index (χ1v) is 17.2. The number of hydrogen-bond acceptors (Lipinski definition) is 6. The average Bonchev–Trinajstić information content (AvgIpc) is 3.60. The summed E-state index contributed by atoms with van der Waals surface area (Å²) < 4.78 is 4.28. The van der Waals surface area contributed by atoms with Gasteiger partial charge in [-0.1, -0.05) is 35.9 Å². The minimum absolute atomic E-state index is 0.0108. The first-order valence-electron chi connectivity index (χ1n) is 16.0. The van der Waals surface area contributed by atoms with Gasteiger partial charge in [-0.25, -0.2) is 0 Å². The standard InChI is InChI=1S/C36H44ClN3O5S/c1-6-20-38(25-14-16-26(17-15-25)45-8-3)32(42)28-29-33(43)40(22-9-10-23-41)31(36(29)19-18-35(28,5)46-36)34(44)39(21-7-2)30-24(4)12-11-13-27(30)37/h6-7,11-17,28-29,31,41H,1-2,8-10,18-23H2,3-5H3/t28-,29+,31?,35+,36?/m1/s1. The molecular formula is C36H44ClN3O5S. The Hall–Kier alpha value is -3.27. The smallest absolute Gasteiger partial charge is 0.251 e. The summed E-state index contributed by atoms with van der Waals surface area (Å²) in [5.41, 5.74) is 2.13. The molecule has 3 saturated heterocycles. The van der Waals surface area contributed by atoms with Gasteiger partial charge in [0.2, 0.25) is 11.8 Å². The lowest BCUT2D eigenvalue weighted by atomic mass is 9.66. The van der Waals surface area contributed by atoms with Gasteiger partial charge in [-0.05, 0) is 82.3 Å². The predicted octanol–water partition coefficient (Wildman–Crippen LogP) is 6.04. The second-order valence-electron chi connectivity index (χ2n) is 12.5. The van der Waals surface area contributed by atoms with Crippen LogP contribution in [-0.2, 0) is 14.4 Å². The second kappa shape index (κ2) is 13.8. The number of likely N-dealkylation sites (tertiary alicyclic amines) is 1. The highest BCUT2D eigenvalue weighted by Gasteiger charge is 2.77. The van der Waals surface area contributed by atoms with Crippen LogP contribution in [0.3, 0.4) is 0 Å². The summed E-state index contributed by atoms with van der Waals surface area (Å²) in [6.45, 7) is 15.0. The monoisotopic (exact) mass is 665 g/mol. The van der Waals surface area contributed by atoms with E-state index >= 15 is 0 Å². The second-order valence-corrected chi connectivity index (χ2v) is 14.8. The number of para-hydroxylation sites is 1. The third kappa shape index (κ3) is 5.75. The number of aryl methyl sites for hydroxylation is 1. The number of benzene rings is 2. The summed E-state index contributed by atoms with van der Waals surface area (Å²) in [4.78, 5) is 49.3. The van der Waals surface area contributed by atoms with Crippen molar-refractivity contribution in [2.24, 2.45) is 11.8 Å². The molecular weight excluding hydrogens is 622 g/mol. The Balaban J connectivity index is 1.58. The van der Waals surface area contributed by atoms with Crippen molar-refractivity contribution in [1.82, 2.24) is 4.90 Å². The van der Waals surface area contributed by atoms with E-state index in [4.69, 9.17) is 16.3 Å². The van der Waals surface area contributed by atoms with Crippen LogP contribution in [0.15, 0.2) is 67.8 Å². The van der Waals surface area contributed by atoms with E-state index in [2.05, 4.69) is 20.1 Å². The van der Waals surface area contributed by atoms with Gasteiger partial charge in [-0.15, -0.1) is 24.9 Å². The van der Waals surface area contributed by atoms with Gasteiger partial charge in [-0.2, -0.15) is 0 Å². The van der Waals surface area contributed by atoms with Crippen molar-refractivity contribution < 1.29 is 24.2 Å². The summed E-state index contributed by atoms with van der Waals surface area (Å²) in [5, 5.41) is 10.00. The Bertz CT molecular complexity index is 1480. The highest BCUT2D eigenvalue weighted by Crippen LogP contribution is 2.71. The summed E-state index contributed by atoms with van der Waals surface area (Å²) in [6.07, 6.45) is 5.73. The fraction of sp³-hybridized carbons (Fsp3) is 0.472. The van der Waals surface area contributed by atoms with Crippen molar-refractivity contribution in [3.05, 3.63) is 78.4 Å². The van der Waals surface area contributed by atoms with E-state index in [-0.39, 0.29) is 37.4 Å². The lowest BCUT2D eigenvalue weighted by Crippen LogP contribution is -2.55. The molecule has 0 saturated carbocycles. The van der Waals surface area contributed by atoms with Crippen molar-refractivity contribution in [2.45, 2.75) is 62.0 Å². The number of nitrogens with zero attached hydrogens (tertiary/aromatic N) is 3. The molecule has 1 N–H and O–H groups in total. The van der Waals surface area contributed by atoms with Crippen molar-refractivity contribution >= 4 is 52.5 Å². The normalized spacial score (nSPS) is 26.2. The van der Waals surface area contributed by atoms with E-state index in [1.165, 1.54) is 0 Å². The molecule has 5 atom stereocenters. The number of aliphatic hydroxyl groups is 1. The molecule has 2 bridgehead atoms. The molecule has 2 unspecified atom stereocenters. The number of amides is 3. The van der Waals surface area contributed by atoms with E-state index in [0.29, 0.717) is 61.0 Å². The molecule has 10 heteroatoms. The number of rotatable bonds is 14. The van der Waals surface area contributed by atoms with E-state index in [9.17, 15) is 19.5 Å². The van der Waals surface area contributed by atoms with Crippen molar-refractivity contribution in [1.29, 1.82) is 0 Å². The van der Waals surface area contributed by atoms with Crippen LogP contribution in [-0.4, -0.2) is 76.1 Å². The van der Waals surface area contributed by atoms with Gasteiger partial charge in [0.1, 0.15) is 11.8 Å². The zero-order valence-electron chi connectivity index (χ0n) is 26.9.